The van der Waals surface area contributed by atoms with E-state index in [0.717, 1.165) is 11.5 Å². The van der Waals surface area contributed by atoms with E-state index in [0.29, 0.717) is 5.92 Å². The second-order valence-corrected chi connectivity index (χ2v) is 4.16. The van der Waals surface area contributed by atoms with Crippen LogP contribution in [-0.4, -0.2) is 5.84 Å². The second kappa shape index (κ2) is 3.45. The van der Waals surface area contributed by atoms with Crippen molar-refractivity contribution in [2.24, 2.45) is 16.6 Å². The zero-order valence-electron chi connectivity index (χ0n) is 8.75. The lowest BCUT2D eigenvalue weighted by Gasteiger charge is -2.01. The minimum absolute atomic E-state index is 0.552. The van der Waals surface area contributed by atoms with Crippen molar-refractivity contribution in [3.63, 3.8) is 0 Å². The van der Waals surface area contributed by atoms with Gasteiger partial charge in [0.05, 0.1) is 5.69 Å². The van der Waals surface area contributed by atoms with Gasteiger partial charge in [-0.1, -0.05) is 6.07 Å². The van der Waals surface area contributed by atoms with Gasteiger partial charge >= 0.3 is 0 Å². The van der Waals surface area contributed by atoms with E-state index in [1.807, 2.05) is 0 Å². The number of aryl methyl sites for hydroxylation is 2. The average Bonchev–Trinajstić information content (AvgIpc) is 2.82. The van der Waals surface area contributed by atoms with Gasteiger partial charge in [0.15, 0.2) is 0 Å². The van der Waals surface area contributed by atoms with Gasteiger partial charge in [-0.25, -0.2) is 4.99 Å². The van der Waals surface area contributed by atoms with Crippen LogP contribution in [0.5, 0.6) is 0 Å². The van der Waals surface area contributed by atoms with Gasteiger partial charge in [0, 0.05) is 5.92 Å². The predicted molar refractivity (Wildman–Crippen MR) is 59.9 cm³/mol. The molecular formula is C12H16N2. The van der Waals surface area contributed by atoms with Crippen LogP contribution in [-0.2, 0) is 0 Å². The summed E-state index contributed by atoms with van der Waals surface area (Å²) < 4.78 is 0. The third-order valence-electron chi connectivity index (χ3n) is 2.46. The largest absolute Gasteiger partial charge is 0.387 e. The van der Waals surface area contributed by atoms with E-state index < -0.39 is 0 Å². The standard InChI is InChI=1S/C12H16N2/c1-8-5-9(2)7-11(6-8)14-12(13)10-3-4-10/h5-7,10H,3-4H2,1-2H3,(H2,13,14). The van der Waals surface area contributed by atoms with Crippen molar-refractivity contribution in [1.82, 2.24) is 0 Å². The molecule has 74 valence electrons. The average molecular weight is 188 g/mol. The van der Waals surface area contributed by atoms with E-state index in [2.05, 4.69) is 37.0 Å². The molecule has 1 aromatic rings. The fourth-order valence-electron chi connectivity index (χ4n) is 1.63. The Hall–Kier alpha value is -1.31. The van der Waals surface area contributed by atoms with E-state index in [1.165, 1.54) is 24.0 Å². The third-order valence-corrected chi connectivity index (χ3v) is 2.46. The normalized spacial score (nSPS) is 17.1. The summed E-state index contributed by atoms with van der Waals surface area (Å²) in [6.07, 6.45) is 2.42. The topological polar surface area (TPSA) is 38.4 Å². The SMILES string of the molecule is Cc1cc(C)cc(N=C(N)C2CC2)c1. The van der Waals surface area contributed by atoms with Crippen LogP contribution < -0.4 is 5.73 Å². The summed E-state index contributed by atoms with van der Waals surface area (Å²) in [6.45, 7) is 4.17. The molecule has 0 heterocycles. The number of hydrogen-bond donors (Lipinski definition) is 1. The molecule has 0 atom stereocenters. The minimum atomic E-state index is 0.552. The molecule has 0 radical (unpaired) electrons. The van der Waals surface area contributed by atoms with Crippen LogP contribution in [0.1, 0.15) is 24.0 Å². The molecular weight excluding hydrogens is 172 g/mol. The van der Waals surface area contributed by atoms with Gasteiger partial charge in [-0.2, -0.15) is 0 Å². The number of rotatable bonds is 2. The Morgan fingerprint density at radius 1 is 1.21 bits per heavy atom. The van der Waals surface area contributed by atoms with Gasteiger partial charge in [-0.3, -0.25) is 0 Å². The summed E-state index contributed by atoms with van der Waals surface area (Å²) in [5.41, 5.74) is 9.34. The number of aliphatic imine (C=N–C) groups is 1. The van der Waals surface area contributed by atoms with Gasteiger partial charge < -0.3 is 5.73 Å². The molecule has 1 aromatic carbocycles. The van der Waals surface area contributed by atoms with Crippen molar-refractivity contribution < 1.29 is 0 Å². The van der Waals surface area contributed by atoms with Crippen molar-refractivity contribution in [2.45, 2.75) is 26.7 Å². The van der Waals surface area contributed by atoms with Crippen LogP contribution in [0.2, 0.25) is 0 Å². The molecule has 1 fully saturated rings. The van der Waals surface area contributed by atoms with Crippen LogP contribution in [0.4, 0.5) is 5.69 Å². The first-order valence-corrected chi connectivity index (χ1v) is 5.07. The summed E-state index contributed by atoms with van der Waals surface area (Å²) in [5.74, 6) is 1.35. The highest BCUT2D eigenvalue weighted by molar-refractivity contribution is 5.87. The van der Waals surface area contributed by atoms with Gasteiger partial charge in [-0.15, -0.1) is 0 Å². The molecule has 0 amide bonds. The number of hydrogen-bond acceptors (Lipinski definition) is 1. The van der Waals surface area contributed by atoms with Gasteiger partial charge in [0.1, 0.15) is 5.84 Å². The Morgan fingerprint density at radius 2 is 1.79 bits per heavy atom. The van der Waals surface area contributed by atoms with E-state index in [1.54, 1.807) is 0 Å². The number of amidine groups is 1. The maximum absolute atomic E-state index is 5.86. The fraction of sp³-hybridized carbons (Fsp3) is 0.417. The molecule has 1 aliphatic carbocycles. The Balaban J connectivity index is 2.27. The summed E-state index contributed by atoms with van der Waals surface area (Å²) in [6, 6.07) is 6.29. The quantitative estimate of drug-likeness (QED) is 0.562. The first-order chi connectivity index (χ1) is 6.65. The molecule has 1 aliphatic rings. The summed E-state index contributed by atoms with van der Waals surface area (Å²) in [4.78, 5) is 4.44. The zero-order valence-corrected chi connectivity index (χ0v) is 8.75. The Labute approximate surface area is 84.9 Å². The highest BCUT2D eigenvalue weighted by Crippen LogP contribution is 2.30. The summed E-state index contributed by atoms with van der Waals surface area (Å²) in [7, 11) is 0. The van der Waals surface area contributed by atoms with E-state index in [9.17, 15) is 0 Å². The summed E-state index contributed by atoms with van der Waals surface area (Å²) in [5, 5.41) is 0. The second-order valence-electron chi connectivity index (χ2n) is 4.16. The van der Waals surface area contributed by atoms with E-state index in [-0.39, 0.29) is 0 Å². The fourth-order valence-corrected chi connectivity index (χ4v) is 1.63. The molecule has 2 heteroatoms. The third kappa shape index (κ3) is 2.13. The highest BCUT2D eigenvalue weighted by atomic mass is 14.9. The number of nitrogens with zero attached hydrogens (tertiary/aromatic N) is 1. The van der Waals surface area contributed by atoms with Crippen molar-refractivity contribution in [2.75, 3.05) is 0 Å². The van der Waals surface area contributed by atoms with Crippen molar-refractivity contribution >= 4 is 11.5 Å². The molecule has 0 spiro atoms. The lowest BCUT2D eigenvalue weighted by atomic mass is 10.1. The number of benzene rings is 1. The summed E-state index contributed by atoms with van der Waals surface area (Å²) >= 11 is 0. The Morgan fingerprint density at radius 3 is 2.29 bits per heavy atom. The van der Waals surface area contributed by atoms with Crippen LogP contribution >= 0.6 is 0 Å². The van der Waals surface area contributed by atoms with E-state index in [4.69, 9.17) is 5.73 Å². The molecule has 0 unspecified atom stereocenters. The van der Waals surface area contributed by atoms with E-state index >= 15 is 0 Å². The highest BCUT2D eigenvalue weighted by Gasteiger charge is 2.25. The maximum atomic E-state index is 5.86. The molecule has 2 nitrogen and oxygen atoms in total. The van der Waals surface area contributed by atoms with Crippen LogP contribution in [0, 0.1) is 19.8 Å². The van der Waals surface area contributed by atoms with Crippen LogP contribution in [0.15, 0.2) is 23.2 Å². The number of nitrogens with two attached hydrogens (primary N) is 1. The molecule has 14 heavy (non-hydrogen) atoms. The Bertz CT molecular complexity index is 356. The van der Waals surface area contributed by atoms with Gasteiger partial charge in [0.25, 0.3) is 0 Å². The van der Waals surface area contributed by atoms with Crippen molar-refractivity contribution in [3.8, 4) is 0 Å². The van der Waals surface area contributed by atoms with Gasteiger partial charge in [-0.05, 0) is 49.9 Å². The lowest BCUT2D eigenvalue weighted by Crippen LogP contribution is -2.13. The zero-order chi connectivity index (χ0) is 10.1. The molecule has 0 saturated heterocycles. The molecule has 1 saturated carbocycles. The Kier molecular flexibility index (Phi) is 2.28. The first-order valence-electron chi connectivity index (χ1n) is 5.07. The molecule has 0 aromatic heterocycles. The minimum Gasteiger partial charge on any atom is -0.387 e. The van der Waals surface area contributed by atoms with Crippen LogP contribution in [0.25, 0.3) is 0 Å². The first kappa shape index (κ1) is 9.25. The molecule has 0 aliphatic heterocycles. The molecule has 0 bridgehead atoms. The van der Waals surface area contributed by atoms with Crippen molar-refractivity contribution in [1.29, 1.82) is 0 Å². The smallest absolute Gasteiger partial charge is 0.103 e. The van der Waals surface area contributed by atoms with Crippen LogP contribution in [0.3, 0.4) is 0 Å². The predicted octanol–water partition coefficient (Wildman–Crippen LogP) is 2.70. The maximum Gasteiger partial charge on any atom is 0.103 e. The van der Waals surface area contributed by atoms with Crippen molar-refractivity contribution in [3.05, 3.63) is 29.3 Å². The monoisotopic (exact) mass is 188 g/mol. The van der Waals surface area contributed by atoms with Gasteiger partial charge in [0.2, 0.25) is 0 Å². The lowest BCUT2D eigenvalue weighted by molar-refractivity contribution is 1.15. The molecule has 2 N–H and O–H groups in total. The molecule has 2 rings (SSSR count).